The molecule has 0 bridgehead atoms. The number of hydrogen-bond donors (Lipinski definition) is 3. The van der Waals surface area contributed by atoms with Crippen molar-refractivity contribution >= 4 is 56.7 Å². The number of primary amides is 1. The Kier molecular flexibility index (Phi) is 12.8. The van der Waals surface area contributed by atoms with Crippen molar-refractivity contribution in [1.82, 2.24) is 10.3 Å². The highest BCUT2D eigenvalue weighted by Gasteiger charge is 2.26. The zero-order valence-corrected chi connectivity index (χ0v) is 28.2. The number of nitrogens with one attached hydrogen (secondary N) is 2. The number of hydrogen-bond acceptors (Lipinski definition) is 10. The molecule has 1 heterocycles. The number of carbonyl (C=O) groups is 3. The summed E-state index contributed by atoms with van der Waals surface area (Å²) in [5.74, 6) is -2.88. The first-order valence-electron chi connectivity index (χ1n) is 14.7. The van der Waals surface area contributed by atoms with Crippen LogP contribution in [-0.2, 0) is 30.8 Å². The SMILES string of the molecule is COc1ccc(C(=O)NCC(=O)O[C@@H](Cc2c(Cl)cncc2Cl)c2ccc(OC(F)F)c(OCC3CC3)c2)cc1NS(=O)(=O)CCC(N)=O. The summed E-state index contributed by atoms with van der Waals surface area (Å²) in [5, 5.41) is 2.78. The number of esters is 1. The molecule has 13 nitrogen and oxygen atoms in total. The summed E-state index contributed by atoms with van der Waals surface area (Å²) in [7, 11) is -2.74. The van der Waals surface area contributed by atoms with Crippen molar-refractivity contribution < 1.29 is 50.5 Å². The molecule has 0 spiro atoms. The molecule has 0 radical (unpaired) electrons. The van der Waals surface area contributed by atoms with Crippen molar-refractivity contribution in [3.8, 4) is 17.2 Å². The molecular weight excluding hydrogens is 713 g/mol. The molecular formula is C31H32Cl2F2N4O9S. The fourth-order valence-electron chi connectivity index (χ4n) is 4.41. The van der Waals surface area contributed by atoms with Crippen LogP contribution in [0.3, 0.4) is 0 Å². The Balaban J connectivity index is 1.52. The number of nitrogens with two attached hydrogens (primary N) is 1. The van der Waals surface area contributed by atoms with Gasteiger partial charge in [-0.25, -0.2) is 8.42 Å². The maximum Gasteiger partial charge on any atom is 0.387 e. The molecule has 2 amide bonds. The van der Waals surface area contributed by atoms with Gasteiger partial charge in [-0.2, -0.15) is 8.78 Å². The van der Waals surface area contributed by atoms with E-state index in [1.807, 2.05) is 0 Å². The van der Waals surface area contributed by atoms with Gasteiger partial charge in [-0.15, -0.1) is 0 Å². The minimum atomic E-state index is -4.03. The lowest BCUT2D eigenvalue weighted by molar-refractivity contribution is -0.148. The van der Waals surface area contributed by atoms with Gasteiger partial charge in [0.15, 0.2) is 11.5 Å². The van der Waals surface area contributed by atoms with Crippen molar-refractivity contribution in [2.45, 2.75) is 38.4 Å². The molecule has 3 aromatic rings. The highest BCUT2D eigenvalue weighted by Crippen LogP contribution is 2.38. The van der Waals surface area contributed by atoms with Gasteiger partial charge >= 0.3 is 12.6 Å². The number of amides is 2. The van der Waals surface area contributed by atoms with Crippen LogP contribution >= 0.6 is 23.2 Å². The van der Waals surface area contributed by atoms with E-state index < -0.39 is 59.2 Å². The van der Waals surface area contributed by atoms with E-state index in [0.717, 1.165) is 12.8 Å². The second-order valence-electron chi connectivity index (χ2n) is 10.8. The van der Waals surface area contributed by atoms with Gasteiger partial charge in [-0.1, -0.05) is 29.3 Å². The Morgan fingerprint density at radius 2 is 1.73 bits per heavy atom. The van der Waals surface area contributed by atoms with E-state index in [2.05, 4.69) is 19.8 Å². The Bertz CT molecular complexity index is 1780. The van der Waals surface area contributed by atoms with Gasteiger partial charge in [0.1, 0.15) is 18.4 Å². The van der Waals surface area contributed by atoms with Crippen molar-refractivity contribution in [1.29, 1.82) is 0 Å². The number of sulfonamides is 1. The average molecular weight is 746 g/mol. The summed E-state index contributed by atoms with van der Waals surface area (Å²) < 4.78 is 74.6. The van der Waals surface area contributed by atoms with Crippen LogP contribution in [0.15, 0.2) is 48.8 Å². The molecule has 1 atom stereocenters. The van der Waals surface area contributed by atoms with E-state index in [1.54, 1.807) is 0 Å². The van der Waals surface area contributed by atoms with E-state index in [4.69, 9.17) is 43.1 Å². The summed E-state index contributed by atoms with van der Waals surface area (Å²) >= 11 is 12.7. The molecule has 18 heteroatoms. The van der Waals surface area contributed by atoms with Gasteiger partial charge in [0.05, 0.1) is 35.2 Å². The highest BCUT2D eigenvalue weighted by atomic mass is 35.5. The van der Waals surface area contributed by atoms with Crippen LogP contribution in [0.25, 0.3) is 0 Å². The maximum atomic E-state index is 13.1. The molecule has 1 aliphatic carbocycles. The van der Waals surface area contributed by atoms with Crippen LogP contribution in [0.2, 0.25) is 10.0 Å². The number of methoxy groups -OCH3 is 1. The smallest absolute Gasteiger partial charge is 0.387 e. The van der Waals surface area contributed by atoms with Crippen molar-refractivity contribution in [3.05, 3.63) is 75.5 Å². The molecule has 1 aliphatic rings. The highest BCUT2D eigenvalue weighted by molar-refractivity contribution is 7.92. The monoisotopic (exact) mass is 744 g/mol. The Morgan fingerprint density at radius 1 is 1.04 bits per heavy atom. The zero-order chi connectivity index (χ0) is 35.7. The zero-order valence-electron chi connectivity index (χ0n) is 25.9. The molecule has 1 fully saturated rings. The summed E-state index contributed by atoms with van der Waals surface area (Å²) in [6, 6.07) is 7.97. The summed E-state index contributed by atoms with van der Waals surface area (Å²) in [4.78, 5) is 41.1. The number of aromatic nitrogens is 1. The summed E-state index contributed by atoms with van der Waals surface area (Å²) in [6.07, 6.45) is 3.02. The van der Waals surface area contributed by atoms with E-state index >= 15 is 0 Å². The molecule has 4 N–H and O–H groups in total. The first-order valence-corrected chi connectivity index (χ1v) is 17.1. The minimum Gasteiger partial charge on any atom is -0.495 e. The molecule has 1 saturated carbocycles. The minimum absolute atomic E-state index is 0.0199. The molecule has 0 saturated heterocycles. The number of rotatable bonds is 18. The van der Waals surface area contributed by atoms with Crippen LogP contribution < -0.4 is 30.0 Å². The third-order valence-corrected chi connectivity index (χ3v) is 9.00. The van der Waals surface area contributed by atoms with Crippen LogP contribution in [-0.4, -0.2) is 63.8 Å². The van der Waals surface area contributed by atoms with Gasteiger partial charge in [-0.3, -0.25) is 24.1 Å². The molecule has 2 aromatic carbocycles. The number of ether oxygens (including phenoxy) is 4. The van der Waals surface area contributed by atoms with Crippen LogP contribution in [0, 0.1) is 5.92 Å². The van der Waals surface area contributed by atoms with Gasteiger partial charge in [0.25, 0.3) is 5.91 Å². The fourth-order valence-corrected chi connectivity index (χ4v) is 5.99. The standard InChI is InChI=1S/C31H32Cl2F2N4O9S/c1-45-24-6-5-19(10-23(24)39-49(43,44)9-8-28(36)40)30(42)38-15-29(41)47-26(12-20-21(32)13-37-14-22(20)33)18-4-7-25(48-31(34)35)27(11-18)46-16-17-2-3-17/h4-7,10-11,13-14,17,26,31,39H,2-3,8-9,12,15-16H2,1H3,(H2,36,40)(H,38,42)/t26-/m0/s1. The largest absolute Gasteiger partial charge is 0.495 e. The normalized spacial score (nSPS) is 13.3. The van der Waals surface area contributed by atoms with Gasteiger partial charge < -0.3 is 30.0 Å². The van der Waals surface area contributed by atoms with Crippen LogP contribution in [0.4, 0.5) is 14.5 Å². The Morgan fingerprint density at radius 3 is 2.37 bits per heavy atom. The second kappa shape index (κ2) is 16.8. The van der Waals surface area contributed by atoms with Crippen LogP contribution in [0.5, 0.6) is 17.2 Å². The Hall–Kier alpha value is -4.41. The molecule has 264 valence electrons. The number of nitrogens with zero attached hydrogens (tertiary/aromatic N) is 1. The van der Waals surface area contributed by atoms with Crippen molar-refractivity contribution in [3.63, 3.8) is 0 Å². The number of carbonyl (C=O) groups excluding carboxylic acids is 3. The molecule has 4 rings (SSSR count). The average Bonchev–Trinajstić information content (AvgIpc) is 3.88. The van der Waals surface area contributed by atoms with Crippen molar-refractivity contribution in [2.75, 3.05) is 30.7 Å². The molecule has 0 unspecified atom stereocenters. The predicted molar refractivity (Wildman–Crippen MR) is 175 cm³/mol. The topological polar surface area (TPSA) is 185 Å². The molecule has 1 aromatic heterocycles. The van der Waals surface area contributed by atoms with Gasteiger partial charge in [-0.05, 0) is 60.2 Å². The van der Waals surface area contributed by atoms with Gasteiger partial charge in [0.2, 0.25) is 15.9 Å². The van der Waals surface area contributed by atoms with E-state index in [-0.39, 0.29) is 51.6 Å². The van der Waals surface area contributed by atoms with Crippen LogP contribution in [0.1, 0.15) is 46.9 Å². The maximum absolute atomic E-state index is 13.1. The molecule has 0 aliphatic heterocycles. The van der Waals surface area contributed by atoms with Crippen molar-refractivity contribution in [2.24, 2.45) is 11.7 Å². The van der Waals surface area contributed by atoms with E-state index in [0.29, 0.717) is 17.0 Å². The molecule has 49 heavy (non-hydrogen) atoms. The van der Waals surface area contributed by atoms with Gasteiger partial charge in [0, 0.05) is 30.8 Å². The summed E-state index contributed by atoms with van der Waals surface area (Å²) in [6.45, 7) is -3.45. The number of alkyl halides is 2. The van der Waals surface area contributed by atoms with E-state index in [1.165, 1.54) is 55.9 Å². The first-order chi connectivity index (χ1) is 23.2. The summed E-state index contributed by atoms with van der Waals surface area (Å²) in [5.41, 5.74) is 5.63. The number of halogens is 4. The predicted octanol–water partition coefficient (Wildman–Crippen LogP) is 4.66. The Labute approximate surface area is 290 Å². The fraction of sp³-hybridized carbons (Fsp3) is 0.355. The number of anilines is 1. The number of pyridine rings is 1. The lowest BCUT2D eigenvalue weighted by Gasteiger charge is -2.22. The number of benzene rings is 2. The third kappa shape index (κ3) is 11.3. The first kappa shape index (κ1) is 37.4. The lowest BCUT2D eigenvalue weighted by atomic mass is 10.0. The quantitative estimate of drug-likeness (QED) is 0.155. The lowest BCUT2D eigenvalue weighted by Crippen LogP contribution is -2.31. The third-order valence-electron chi connectivity index (χ3n) is 7.08. The second-order valence-corrected chi connectivity index (χ2v) is 13.5. The van der Waals surface area contributed by atoms with E-state index in [9.17, 15) is 31.6 Å².